The van der Waals surface area contributed by atoms with Gasteiger partial charge in [-0.1, -0.05) is 42.1 Å². The Morgan fingerprint density at radius 1 is 1.07 bits per heavy atom. The molecule has 0 spiro atoms. The molecular weight excluding hydrogens is 442 g/mol. The maximum atomic E-state index is 11.2. The van der Waals surface area contributed by atoms with Crippen LogP contribution in [-0.4, -0.2) is 23.3 Å². The number of aryl methyl sites for hydroxylation is 2. The fourth-order valence-electron chi connectivity index (χ4n) is 2.74. The molecule has 0 aliphatic carbocycles. The van der Waals surface area contributed by atoms with Crippen molar-refractivity contribution in [3.05, 3.63) is 59.7 Å². The zero-order valence-corrected chi connectivity index (χ0v) is 21.4. The summed E-state index contributed by atoms with van der Waals surface area (Å²) >= 11 is 0. The zero-order chi connectivity index (χ0) is 20.6. The average molecular weight is 468 g/mol. The molecule has 29 heavy (non-hydrogen) atoms. The molecule has 2 rings (SSSR count). The Labute approximate surface area is 216 Å². The van der Waals surface area contributed by atoms with Crippen molar-refractivity contribution in [1.82, 2.24) is 0 Å². The van der Waals surface area contributed by atoms with Crippen LogP contribution >= 0.6 is 8.25 Å². The minimum atomic E-state index is -4.56. The van der Waals surface area contributed by atoms with E-state index in [1.165, 1.54) is 5.56 Å². The Kier molecular flexibility index (Phi) is 12.3. The summed E-state index contributed by atoms with van der Waals surface area (Å²) in [6.07, 6.45) is 2.83. The van der Waals surface area contributed by atoms with Gasteiger partial charge in [0.15, 0.2) is 0 Å². The van der Waals surface area contributed by atoms with Crippen molar-refractivity contribution in [2.75, 3.05) is 0 Å². The molecule has 154 valence electrons. The molecule has 2 N–H and O–H groups in total. The molecule has 0 aromatic heterocycles. The van der Waals surface area contributed by atoms with Crippen LogP contribution in [-0.2, 0) is 32.0 Å². The van der Waals surface area contributed by atoms with Crippen molar-refractivity contribution in [2.24, 2.45) is 0 Å². The van der Waals surface area contributed by atoms with Crippen LogP contribution in [0.5, 0.6) is 11.5 Å². The van der Waals surface area contributed by atoms with E-state index in [1.54, 1.807) is 0 Å². The van der Waals surface area contributed by atoms with Gasteiger partial charge in [-0.25, -0.2) is 0 Å². The maximum Gasteiger partial charge on any atom is 1.00 e. The third kappa shape index (κ3) is 10.1. The standard InChI is InChI=1S/C19H23O7PS.K.H/c1-2-5-15-10-12-17(13-11-15)25-18-8-3-6-16(14-18)7-4-9-19(26-27(20)21)28(22,23)24;;/h3,6,8,10-14,19H,2,4-5,7,9H2,1H3,(H-,20,21,22,23,24);;/q;+1;-1/p+1. The van der Waals surface area contributed by atoms with E-state index in [0.29, 0.717) is 18.6 Å². The van der Waals surface area contributed by atoms with Crippen LogP contribution in [0.2, 0.25) is 0 Å². The molecule has 0 bridgehead atoms. The topological polar surface area (TPSA) is 110 Å². The average Bonchev–Trinajstić information content (AvgIpc) is 2.62. The van der Waals surface area contributed by atoms with E-state index in [1.807, 2.05) is 48.5 Å². The van der Waals surface area contributed by atoms with Crippen molar-refractivity contribution in [3.8, 4) is 11.5 Å². The smallest absolute Gasteiger partial charge is 1.00 e. The van der Waals surface area contributed by atoms with Gasteiger partial charge in [0.25, 0.3) is 10.1 Å². The van der Waals surface area contributed by atoms with Crippen molar-refractivity contribution < 1.29 is 84.5 Å². The van der Waals surface area contributed by atoms with Gasteiger partial charge in [-0.05, 0) is 61.1 Å². The Morgan fingerprint density at radius 2 is 1.76 bits per heavy atom. The molecule has 0 fully saturated rings. The van der Waals surface area contributed by atoms with E-state index < -0.39 is 23.8 Å². The summed E-state index contributed by atoms with van der Waals surface area (Å²) in [5, 5.41) is 0. The molecule has 0 saturated carbocycles. The van der Waals surface area contributed by atoms with Crippen LogP contribution < -0.4 is 56.1 Å². The Morgan fingerprint density at radius 3 is 2.34 bits per heavy atom. The molecule has 0 radical (unpaired) electrons. The third-order valence-corrected chi connectivity index (χ3v) is 5.62. The molecule has 2 aromatic rings. The quantitative estimate of drug-likeness (QED) is 0.294. The van der Waals surface area contributed by atoms with Crippen LogP contribution in [0.1, 0.15) is 38.7 Å². The first-order valence-corrected chi connectivity index (χ1v) is 11.6. The van der Waals surface area contributed by atoms with Gasteiger partial charge in [0.05, 0.1) is 0 Å². The molecule has 0 amide bonds. The molecule has 2 atom stereocenters. The van der Waals surface area contributed by atoms with Crippen LogP contribution in [0.15, 0.2) is 48.5 Å². The van der Waals surface area contributed by atoms with Gasteiger partial charge in [-0.15, -0.1) is 4.89 Å². The molecule has 0 aliphatic heterocycles. The van der Waals surface area contributed by atoms with Crippen LogP contribution in [0.4, 0.5) is 0 Å². The molecule has 0 aliphatic rings. The Balaban J connectivity index is 0.00000420. The van der Waals surface area contributed by atoms with E-state index in [2.05, 4.69) is 11.4 Å². The van der Waals surface area contributed by atoms with Crippen molar-refractivity contribution in [3.63, 3.8) is 0 Å². The fraction of sp³-hybridized carbons (Fsp3) is 0.368. The Hall–Kier alpha value is -0.194. The van der Waals surface area contributed by atoms with Crippen LogP contribution in [0.3, 0.4) is 0 Å². The zero-order valence-electron chi connectivity index (χ0n) is 17.5. The molecule has 0 heterocycles. The predicted molar refractivity (Wildman–Crippen MR) is 107 cm³/mol. The molecule has 2 unspecified atom stereocenters. The fourth-order valence-corrected chi connectivity index (χ4v) is 4.17. The predicted octanol–water partition coefficient (Wildman–Crippen LogP) is 1.75. The summed E-state index contributed by atoms with van der Waals surface area (Å²) in [7, 11) is -7.68. The van der Waals surface area contributed by atoms with Gasteiger partial charge < -0.3 is 6.16 Å². The maximum absolute atomic E-state index is 11.2. The number of hydrogen-bond donors (Lipinski definition) is 2. The number of hydrogen-bond acceptors (Lipinski definition) is 5. The van der Waals surface area contributed by atoms with E-state index in [9.17, 15) is 13.0 Å². The van der Waals surface area contributed by atoms with Gasteiger partial charge in [0.2, 0.25) is 5.44 Å². The van der Waals surface area contributed by atoms with Crippen molar-refractivity contribution in [2.45, 2.75) is 44.5 Å². The van der Waals surface area contributed by atoms with Crippen LogP contribution in [0.25, 0.3) is 0 Å². The molecule has 0 saturated heterocycles. The first kappa shape index (κ1) is 26.8. The monoisotopic (exact) mass is 467 g/mol. The van der Waals surface area contributed by atoms with Gasteiger partial charge in [-0.3, -0.25) is 4.55 Å². The molecule has 7 nitrogen and oxygen atoms in total. The second-order valence-corrected chi connectivity index (χ2v) is 8.57. The number of rotatable bonds is 11. The summed E-state index contributed by atoms with van der Waals surface area (Å²) < 4.78 is 52.4. The second-order valence-electron chi connectivity index (χ2n) is 6.32. The molecular formula is C19H25KO7PS+. The van der Waals surface area contributed by atoms with E-state index >= 15 is 0 Å². The van der Waals surface area contributed by atoms with Gasteiger partial charge in [-0.2, -0.15) is 8.42 Å². The van der Waals surface area contributed by atoms with Gasteiger partial charge in [0.1, 0.15) is 11.5 Å². The van der Waals surface area contributed by atoms with E-state index in [-0.39, 0.29) is 59.2 Å². The summed E-state index contributed by atoms with van der Waals surface area (Å²) in [6.45, 7) is 2.13. The molecule has 10 heteroatoms. The first-order valence-electron chi connectivity index (χ1n) is 8.93. The second kappa shape index (κ2) is 13.3. The molecule has 2 aromatic carbocycles. The largest absolute Gasteiger partial charge is 1.00 e. The van der Waals surface area contributed by atoms with E-state index in [4.69, 9.17) is 14.2 Å². The SMILES string of the molecule is CCCc1ccc(Oc2cccc(CCCC(O[P+](=O)O)S(=O)(=O)O)c2)cc1.[H-].[K+]. The van der Waals surface area contributed by atoms with Gasteiger partial charge in [0, 0.05) is 4.57 Å². The third-order valence-electron chi connectivity index (χ3n) is 4.04. The summed E-state index contributed by atoms with van der Waals surface area (Å²) in [5.41, 5.74) is 0.439. The minimum Gasteiger partial charge on any atom is -1.00 e. The van der Waals surface area contributed by atoms with Gasteiger partial charge >= 0.3 is 59.6 Å². The van der Waals surface area contributed by atoms with Crippen molar-refractivity contribution in [1.29, 1.82) is 0 Å². The first-order chi connectivity index (χ1) is 13.3. The van der Waals surface area contributed by atoms with Crippen molar-refractivity contribution >= 4 is 18.4 Å². The van der Waals surface area contributed by atoms with E-state index in [0.717, 1.165) is 24.2 Å². The minimum absolute atomic E-state index is 0. The summed E-state index contributed by atoms with van der Waals surface area (Å²) in [4.78, 5) is 8.72. The normalized spacial score (nSPS) is 12.7. The Bertz CT molecular complexity index is 894. The number of ether oxygens (including phenoxy) is 1. The van der Waals surface area contributed by atoms with Crippen LogP contribution in [0, 0.1) is 0 Å². The number of benzene rings is 2. The summed E-state index contributed by atoms with van der Waals surface area (Å²) in [5.74, 6) is 1.38. The summed E-state index contributed by atoms with van der Waals surface area (Å²) in [6, 6.07) is 15.3.